The van der Waals surface area contributed by atoms with E-state index in [0.717, 1.165) is 15.4 Å². The summed E-state index contributed by atoms with van der Waals surface area (Å²) < 4.78 is 2.79. The van der Waals surface area contributed by atoms with Gasteiger partial charge in [0, 0.05) is 23.1 Å². The number of hydrogen-bond acceptors (Lipinski definition) is 2. The van der Waals surface area contributed by atoms with E-state index in [4.69, 9.17) is 0 Å². The van der Waals surface area contributed by atoms with Gasteiger partial charge in [0.25, 0.3) is 0 Å². The fourth-order valence-corrected chi connectivity index (χ4v) is 1.45. The van der Waals surface area contributed by atoms with Crippen LogP contribution in [0.3, 0.4) is 0 Å². The zero-order valence-electron chi connectivity index (χ0n) is 6.36. The van der Waals surface area contributed by atoms with Crippen LogP contribution in [0.15, 0.2) is 23.1 Å². The van der Waals surface area contributed by atoms with E-state index < -0.39 is 0 Å². The molecule has 2 aromatic rings. The molecule has 2 heterocycles. The first-order chi connectivity index (χ1) is 5.29. The molecule has 2 aromatic heterocycles. The third-order valence-corrected chi connectivity index (χ3v) is 2.26. The first-order valence-corrected chi connectivity index (χ1v) is 3.99. The quantitative estimate of drug-likeness (QED) is 0.715. The lowest BCUT2D eigenvalue weighted by atomic mass is 10.3. The summed E-state index contributed by atoms with van der Waals surface area (Å²) >= 11 is 3.39. The monoisotopic (exact) mass is 247 g/mol. The minimum atomic E-state index is 0. The molecule has 0 saturated carbocycles. The van der Waals surface area contributed by atoms with Gasteiger partial charge in [-0.3, -0.25) is 9.67 Å². The number of rotatable bonds is 0. The van der Waals surface area contributed by atoms with Gasteiger partial charge in [-0.05, 0) is 15.9 Å². The predicted molar refractivity (Wildman–Crippen MR) is 53.5 cm³/mol. The molecule has 5 heteroatoms. The first-order valence-electron chi connectivity index (χ1n) is 3.20. The summed E-state index contributed by atoms with van der Waals surface area (Å²) in [7, 11) is 1.90. The van der Waals surface area contributed by atoms with Crippen LogP contribution in [0.1, 0.15) is 0 Å². The standard InChI is InChI=1S/C7H6BrN3.ClH/c1-11-7-4-9-3-6(8)5(7)2-10-11;/h2-4H,1H3;1H. The maximum atomic E-state index is 4.10. The van der Waals surface area contributed by atoms with Crippen LogP contribution in [0.2, 0.25) is 0 Å². The Kier molecular flexibility index (Phi) is 2.69. The van der Waals surface area contributed by atoms with E-state index in [2.05, 4.69) is 26.0 Å². The number of aromatic nitrogens is 3. The highest BCUT2D eigenvalue weighted by Crippen LogP contribution is 2.20. The van der Waals surface area contributed by atoms with Crippen LogP contribution in [-0.2, 0) is 7.05 Å². The Labute approximate surface area is 84.3 Å². The third-order valence-electron chi connectivity index (χ3n) is 1.63. The summed E-state index contributed by atoms with van der Waals surface area (Å²) in [6.07, 6.45) is 5.39. The van der Waals surface area contributed by atoms with Crippen LogP contribution >= 0.6 is 28.3 Å². The zero-order chi connectivity index (χ0) is 7.84. The van der Waals surface area contributed by atoms with E-state index in [-0.39, 0.29) is 12.4 Å². The van der Waals surface area contributed by atoms with Crippen LogP contribution < -0.4 is 0 Å². The molecular weight excluding hydrogens is 241 g/mol. The van der Waals surface area contributed by atoms with Crippen molar-refractivity contribution in [2.45, 2.75) is 0 Å². The van der Waals surface area contributed by atoms with E-state index in [0.29, 0.717) is 0 Å². The van der Waals surface area contributed by atoms with Crippen molar-refractivity contribution >= 4 is 39.2 Å². The van der Waals surface area contributed by atoms with Crippen LogP contribution in [0.25, 0.3) is 10.9 Å². The summed E-state index contributed by atoms with van der Waals surface area (Å²) in [5.74, 6) is 0. The molecule has 12 heavy (non-hydrogen) atoms. The SMILES string of the molecule is Cl.Cn1ncc2c(Br)cncc21. The lowest BCUT2D eigenvalue weighted by molar-refractivity contribution is 0.795. The van der Waals surface area contributed by atoms with E-state index in [1.807, 2.05) is 13.2 Å². The second-order valence-electron chi connectivity index (χ2n) is 2.32. The maximum absolute atomic E-state index is 4.10. The highest BCUT2D eigenvalue weighted by molar-refractivity contribution is 9.10. The summed E-state index contributed by atoms with van der Waals surface area (Å²) in [5.41, 5.74) is 1.04. The fraction of sp³-hybridized carbons (Fsp3) is 0.143. The van der Waals surface area contributed by atoms with Crippen LogP contribution in [0, 0.1) is 0 Å². The Balaban J connectivity index is 0.000000720. The Hall–Kier alpha value is -0.610. The molecule has 0 radical (unpaired) electrons. The van der Waals surface area contributed by atoms with Gasteiger partial charge in [-0.25, -0.2) is 0 Å². The molecule has 0 fully saturated rings. The molecule has 0 aliphatic heterocycles. The number of fused-ring (bicyclic) bond motifs is 1. The van der Waals surface area contributed by atoms with Crippen molar-refractivity contribution in [2.75, 3.05) is 0 Å². The van der Waals surface area contributed by atoms with Gasteiger partial charge < -0.3 is 0 Å². The van der Waals surface area contributed by atoms with Crippen molar-refractivity contribution in [2.24, 2.45) is 7.05 Å². The summed E-state index contributed by atoms with van der Waals surface area (Å²) in [5, 5.41) is 5.20. The van der Waals surface area contributed by atoms with Gasteiger partial charge in [0.15, 0.2) is 0 Å². The van der Waals surface area contributed by atoms with Gasteiger partial charge in [-0.1, -0.05) is 0 Å². The number of nitrogens with zero attached hydrogens (tertiary/aromatic N) is 3. The summed E-state index contributed by atoms with van der Waals surface area (Å²) in [4.78, 5) is 4.04. The molecule has 0 aliphatic carbocycles. The minimum absolute atomic E-state index is 0. The Morgan fingerprint density at radius 3 is 2.75 bits per heavy atom. The molecule has 64 valence electrons. The number of aryl methyl sites for hydroxylation is 1. The van der Waals surface area contributed by atoms with Crippen LogP contribution in [0.4, 0.5) is 0 Å². The molecule has 0 amide bonds. The average molecular weight is 249 g/mol. The topological polar surface area (TPSA) is 30.7 Å². The molecule has 0 aliphatic rings. The van der Waals surface area contributed by atoms with Crippen molar-refractivity contribution in [3.05, 3.63) is 23.1 Å². The van der Waals surface area contributed by atoms with Crippen molar-refractivity contribution in [1.82, 2.24) is 14.8 Å². The van der Waals surface area contributed by atoms with Gasteiger partial charge in [0.1, 0.15) is 0 Å². The van der Waals surface area contributed by atoms with E-state index >= 15 is 0 Å². The smallest absolute Gasteiger partial charge is 0.0873 e. The van der Waals surface area contributed by atoms with Crippen molar-refractivity contribution in [1.29, 1.82) is 0 Å². The number of halogens is 2. The first kappa shape index (κ1) is 9.48. The second-order valence-corrected chi connectivity index (χ2v) is 3.18. The van der Waals surface area contributed by atoms with Crippen molar-refractivity contribution < 1.29 is 0 Å². The number of hydrogen-bond donors (Lipinski definition) is 0. The van der Waals surface area contributed by atoms with E-state index in [1.54, 1.807) is 17.1 Å². The number of pyridine rings is 1. The highest BCUT2D eigenvalue weighted by Gasteiger charge is 2.01. The Morgan fingerprint density at radius 1 is 1.33 bits per heavy atom. The summed E-state index contributed by atoms with van der Waals surface area (Å²) in [6.45, 7) is 0. The molecule has 2 rings (SSSR count). The Bertz CT molecular complexity index is 398. The average Bonchev–Trinajstić information content (AvgIpc) is 2.35. The van der Waals surface area contributed by atoms with Gasteiger partial charge in [0.2, 0.25) is 0 Å². The Morgan fingerprint density at radius 2 is 2.08 bits per heavy atom. The van der Waals surface area contributed by atoms with E-state index in [1.165, 1.54) is 0 Å². The molecular formula is C7H7BrClN3. The van der Waals surface area contributed by atoms with Gasteiger partial charge in [-0.15, -0.1) is 12.4 Å². The van der Waals surface area contributed by atoms with Crippen molar-refractivity contribution in [3.8, 4) is 0 Å². The van der Waals surface area contributed by atoms with Crippen LogP contribution in [0.5, 0.6) is 0 Å². The predicted octanol–water partition coefficient (Wildman–Crippen LogP) is 2.15. The zero-order valence-corrected chi connectivity index (χ0v) is 8.76. The van der Waals surface area contributed by atoms with Crippen molar-refractivity contribution in [3.63, 3.8) is 0 Å². The molecule has 0 N–H and O–H groups in total. The molecule has 0 aromatic carbocycles. The molecule has 0 atom stereocenters. The lowest BCUT2D eigenvalue weighted by Gasteiger charge is -1.92. The minimum Gasteiger partial charge on any atom is -0.266 e. The highest BCUT2D eigenvalue weighted by atomic mass is 79.9. The second kappa shape index (κ2) is 3.41. The van der Waals surface area contributed by atoms with Gasteiger partial charge in [-0.2, -0.15) is 5.10 Å². The largest absolute Gasteiger partial charge is 0.266 e. The molecule has 3 nitrogen and oxygen atoms in total. The molecule has 0 spiro atoms. The molecule has 0 saturated heterocycles. The lowest BCUT2D eigenvalue weighted by Crippen LogP contribution is -1.88. The molecule has 0 bridgehead atoms. The van der Waals surface area contributed by atoms with E-state index in [9.17, 15) is 0 Å². The maximum Gasteiger partial charge on any atom is 0.0873 e. The van der Waals surface area contributed by atoms with Gasteiger partial charge in [0.05, 0.1) is 17.9 Å². The summed E-state index contributed by atoms with van der Waals surface area (Å²) in [6, 6.07) is 0. The molecule has 0 unspecified atom stereocenters. The fourth-order valence-electron chi connectivity index (χ4n) is 1.03. The van der Waals surface area contributed by atoms with Crippen LogP contribution in [-0.4, -0.2) is 14.8 Å². The van der Waals surface area contributed by atoms with Gasteiger partial charge >= 0.3 is 0 Å². The normalized spacial score (nSPS) is 9.83. The third kappa shape index (κ3) is 1.32.